The maximum Gasteiger partial charge on any atom is 0.269 e. The topological polar surface area (TPSA) is 128 Å². The second-order valence-electron chi connectivity index (χ2n) is 12.8. The number of fused-ring (bicyclic) bond motifs is 8. The Hall–Kier alpha value is -7.72. The standard InChI is InChI=1S/C45H31N5O5/c1-53-31-16-18-33(19-17-31)55-45-40-26-22-36(48-40)42(28-8-4-2-5-9-28)34-20-24-38(46-34)44(54-32-14-12-30(13-15-32)50(51)52)39-25-21-35(47-39)43(29-10-6-3-7-11-29)37-23-27-41(45)49-37/h2-27,48-49H,1H3. The second-order valence-corrected chi connectivity index (χ2v) is 12.8. The average molecular weight is 722 g/mol. The maximum atomic E-state index is 11.4. The number of rotatable bonds is 8. The number of aromatic amines is 2. The predicted octanol–water partition coefficient (Wildman–Crippen LogP) is 11.5. The summed E-state index contributed by atoms with van der Waals surface area (Å²) < 4.78 is 18.6. The summed E-state index contributed by atoms with van der Waals surface area (Å²) in [4.78, 5) is 28.6. The summed E-state index contributed by atoms with van der Waals surface area (Å²) in [5.41, 5.74) is 9.24. The molecule has 2 aliphatic rings. The first-order valence-corrected chi connectivity index (χ1v) is 17.5. The van der Waals surface area contributed by atoms with Crippen molar-refractivity contribution in [1.82, 2.24) is 19.9 Å². The number of aromatic nitrogens is 4. The maximum absolute atomic E-state index is 11.4. The minimum Gasteiger partial charge on any atom is -0.497 e. The third-order valence-corrected chi connectivity index (χ3v) is 9.33. The molecule has 0 unspecified atom stereocenters. The van der Waals surface area contributed by atoms with E-state index in [1.165, 1.54) is 12.1 Å². The molecule has 10 heteroatoms. The van der Waals surface area contributed by atoms with Gasteiger partial charge in [0.15, 0.2) is 11.5 Å². The highest BCUT2D eigenvalue weighted by Crippen LogP contribution is 2.39. The van der Waals surface area contributed by atoms with Crippen LogP contribution in [0.1, 0.15) is 22.8 Å². The van der Waals surface area contributed by atoms with Crippen LogP contribution >= 0.6 is 0 Å². The fourth-order valence-electron chi connectivity index (χ4n) is 6.70. The van der Waals surface area contributed by atoms with E-state index in [1.807, 2.05) is 133 Å². The Bertz CT molecular complexity index is 2670. The van der Waals surface area contributed by atoms with Crippen molar-refractivity contribution in [2.75, 3.05) is 7.11 Å². The van der Waals surface area contributed by atoms with Gasteiger partial charge in [-0.15, -0.1) is 0 Å². The molecule has 0 fully saturated rings. The van der Waals surface area contributed by atoms with Gasteiger partial charge in [0.25, 0.3) is 5.69 Å². The Morgan fingerprint density at radius 2 is 0.909 bits per heavy atom. The summed E-state index contributed by atoms with van der Waals surface area (Å²) in [6.45, 7) is 0. The van der Waals surface area contributed by atoms with Crippen LogP contribution in [-0.2, 0) is 0 Å². The fourth-order valence-corrected chi connectivity index (χ4v) is 6.70. The van der Waals surface area contributed by atoms with Gasteiger partial charge in [0.2, 0.25) is 0 Å². The Kier molecular flexibility index (Phi) is 8.44. The number of benzene rings is 4. The molecule has 0 atom stereocenters. The third-order valence-electron chi connectivity index (χ3n) is 9.33. The van der Waals surface area contributed by atoms with Crippen LogP contribution < -0.4 is 14.2 Å². The van der Waals surface area contributed by atoms with Crippen molar-refractivity contribution in [2.45, 2.75) is 0 Å². The first-order valence-electron chi connectivity index (χ1n) is 17.5. The van der Waals surface area contributed by atoms with Crippen LogP contribution in [0.5, 0.6) is 28.7 Å². The van der Waals surface area contributed by atoms with Gasteiger partial charge in [-0.1, -0.05) is 60.7 Å². The zero-order valence-corrected chi connectivity index (χ0v) is 29.4. The van der Waals surface area contributed by atoms with Crippen LogP contribution in [0.4, 0.5) is 5.69 Å². The molecule has 2 aliphatic heterocycles. The summed E-state index contributed by atoms with van der Waals surface area (Å²) >= 11 is 0. The number of non-ortho nitro benzene ring substituents is 1. The molecule has 8 bridgehead atoms. The molecular weight excluding hydrogens is 691 g/mol. The van der Waals surface area contributed by atoms with Crippen LogP contribution in [0.3, 0.4) is 0 Å². The smallest absolute Gasteiger partial charge is 0.269 e. The zero-order chi connectivity index (χ0) is 37.3. The molecule has 4 aromatic carbocycles. The zero-order valence-electron chi connectivity index (χ0n) is 29.4. The van der Waals surface area contributed by atoms with Crippen LogP contribution in [0.2, 0.25) is 0 Å². The van der Waals surface area contributed by atoms with E-state index >= 15 is 0 Å². The Labute approximate surface area is 314 Å². The van der Waals surface area contributed by atoms with Gasteiger partial charge in [-0.3, -0.25) is 10.1 Å². The molecule has 0 aliphatic carbocycles. The van der Waals surface area contributed by atoms with E-state index in [4.69, 9.17) is 24.2 Å². The molecule has 5 heterocycles. The minimum absolute atomic E-state index is 0.0348. The minimum atomic E-state index is -0.439. The Balaban J connectivity index is 1.37. The van der Waals surface area contributed by atoms with Crippen molar-refractivity contribution in [2.24, 2.45) is 0 Å². The lowest BCUT2D eigenvalue weighted by Crippen LogP contribution is -1.93. The van der Waals surface area contributed by atoms with Crippen LogP contribution in [0.25, 0.3) is 68.6 Å². The molecular formula is C45H31N5O5. The van der Waals surface area contributed by atoms with Crippen LogP contribution in [0.15, 0.2) is 133 Å². The lowest BCUT2D eigenvalue weighted by Gasteiger charge is -2.09. The molecule has 10 nitrogen and oxygen atoms in total. The highest BCUT2D eigenvalue weighted by atomic mass is 16.6. The number of ether oxygens (including phenoxy) is 3. The summed E-state index contributed by atoms with van der Waals surface area (Å²) in [6, 6.07) is 41.6. The van der Waals surface area contributed by atoms with E-state index in [0.717, 1.165) is 50.1 Å². The molecule has 0 radical (unpaired) electrons. The van der Waals surface area contributed by atoms with E-state index in [9.17, 15) is 10.1 Å². The SMILES string of the molecule is COc1ccc(Oc2c3ccc([nH]3)c(-c3ccccc3)c3nc(c(Oc4ccc([N+](=O)[O-])cc4)c4nc(c(-c5ccccc5)c5ccc2[nH]5)C=C4)C=C3)cc1. The van der Waals surface area contributed by atoms with Crippen molar-refractivity contribution in [3.05, 3.63) is 166 Å². The Morgan fingerprint density at radius 1 is 0.491 bits per heavy atom. The van der Waals surface area contributed by atoms with E-state index in [2.05, 4.69) is 9.97 Å². The second kappa shape index (κ2) is 14.0. The van der Waals surface area contributed by atoms with E-state index in [-0.39, 0.29) is 5.69 Å². The monoisotopic (exact) mass is 721 g/mol. The number of nitro groups is 1. The molecule has 9 rings (SSSR count). The van der Waals surface area contributed by atoms with Crippen molar-refractivity contribution >= 4 is 52.1 Å². The first-order chi connectivity index (χ1) is 27.0. The quantitative estimate of drug-likeness (QED) is 0.118. The van der Waals surface area contributed by atoms with Gasteiger partial charge >= 0.3 is 0 Å². The summed E-state index contributed by atoms with van der Waals surface area (Å²) in [7, 11) is 1.63. The van der Waals surface area contributed by atoms with Crippen LogP contribution in [0, 0.1) is 10.1 Å². The summed E-state index contributed by atoms with van der Waals surface area (Å²) in [6.07, 6.45) is 7.71. The molecule has 0 amide bonds. The van der Waals surface area contributed by atoms with Gasteiger partial charge in [0, 0.05) is 34.3 Å². The third kappa shape index (κ3) is 6.49. The number of nitrogens with one attached hydrogen (secondary N) is 2. The van der Waals surface area contributed by atoms with E-state index in [1.54, 1.807) is 19.2 Å². The lowest BCUT2D eigenvalue weighted by molar-refractivity contribution is -0.384. The number of methoxy groups -OCH3 is 1. The summed E-state index contributed by atoms with van der Waals surface area (Å²) in [5, 5.41) is 11.4. The molecule has 266 valence electrons. The van der Waals surface area contributed by atoms with Gasteiger partial charge in [0.05, 0.1) is 34.5 Å². The number of H-pyrrole nitrogens is 2. The number of hydrogen-bond acceptors (Lipinski definition) is 7. The highest BCUT2D eigenvalue weighted by molar-refractivity contribution is 5.95. The number of nitro benzene ring substituents is 1. The van der Waals surface area contributed by atoms with Gasteiger partial charge in [-0.25, -0.2) is 9.97 Å². The van der Waals surface area contributed by atoms with Gasteiger partial charge in [0.1, 0.15) is 28.6 Å². The normalized spacial score (nSPS) is 11.7. The fraction of sp³-hybridized carbons (Fsp3) is 0.0222. The molecule has 0 saturated carbocycles. The van der Waals surface area contributed by atoms with Crippen molar-refractivity contribution in [3.63, 3.8) is 0 Å². The highest BCUT2D eigenvalue weighted by Gasteiger charge is 2.20. The van der Waals surface area contributed by atoms with Crippen molar-refractivity contribution in [3.8, 4) is 51.0 Å². The Morgan fingerprint density at radius 3 is 1.38 bits per heavy atom. The van der Waals surface area contributed by atoms with Gasteiger partial charge in [-0.05, 0) is 96.1 Å². The number of nitrogens with zero attached hydrogens (tertiary/aromatic N) is 3. The largest absolute Gasteiger partial charge is 0.497 e. The molecule has 3 aromatic heterocycles. The van der Waals surface area contributed by atoms with E-state index < -0.39 is 4.92 Å². The average Bonchev–Trinajstić information content (AvgIpc) is 4.07. The molecule has 55 heavy (non-hydrogen) atoms. The molecule has 2 N–H and O–H groups in total. The lowest BCUT2D eigenvalue weighted by atomic mass is 10.0. The molecule has 0 saturated heterocycles. The molecule has 7 aromatic rings. The van der Waals surface area contributed by atoms with Gasteiger partial charge in [-0.2, -0.15) is 0 Å². The van der Waals surface area contributed by atoms with E-state index in [0.29, 0.717) is 45.8 Å². The first kappa shape index (κ1) is 33.1. The number of hydrogen-bond donors (Lipinski definition) is 2. The molecule has 0 spiro atoms. The predicted molar refractivity (Wildman–Crippen MR) is 216 cm³/mol. The van der Waals surface area contributed by atoms with Gasteiger partial charge < -0.3 is 24.2 Å². The van der Waals surface area contributed by atoms with Crippen molar-refractivity contribution in [1.29, 1.82) is 0 Å². The summed E-state index contributed by atoms with van der Waals surface area (Å²) in [5.74, 6) is 2.77. The van der Waals surface area contributed by atoms with Crippen molar-refractivity contribution < 1.29 is 19.1 Å². The van der Waals surface area contributed by atoms with Crippen LogP contribution in [-0.4, -0.2) is 32.0 Å².